The topological polar surface area (TPSA) is 35.2 Å². The zero-order valence-electron chi connectivity index (χ0n) is 10.4. The van der Waals surface area contributed by atoms with Crippen LogP contribution in [0.5, 0.6) is 5.75 Å². The van der Waals surface area contributed by atoms with Crippen LogP contribution >= 0.6 is 0 Å². The number of aryl methyl sites for hydroxylation is 1. The molecule has 2 N–H and O–H groups in total. The summed E-state index contributed by atoms with van der Waals surface area (Å²) in [4.78, 5) is 0. The minimum Gasteiger partial charge on any atom is -0.491 e. The van der Waals surface area contributed by atoms with Crippen molar-refractivity contribution in [2.45, 2.75) is 45.1 Å². The molecule has 16 heavy (non-hydrogen) atoms. The molecule has 1 saturated carbocycles. The van der Waals surface area contributed by atoms with Crippen LogP contribution in [0.2, 0.25) is 0 Å². The molecule has 0 spiro atoms. The molecule has 0 radical (unpaired) electrons. The van der Waals surface area contributed by atoms with E-state index in [4.69, 9.17) is 10.5 Å². The molecule has 88 valence electrons. The van der Waals surface area contributed by atoms with Crippen molar-refractivity contribution in [3.8, 4) is 5.75 Å². The van der Waals surface area contributed by atoms with Crippen LogP contribution in [0.15, 0.2) is 18.2 Å². The molecule has 0 atom stereocenters. The third-order valence-electron chi connectivity index (χ3n) is 3.20. The predicted octanol–water partition coefficient (Wildman–Crippen LogP) is 2.99. The van der Waals surface area contributed by atoms with E-state index in [2.05, 4.69) is 39.0 Å². The van der Waals surface area contributed by atoms with Crippen LogP contribution in [0.25, 0.3) is 0 Å². The maximum absolute atomic E-state index is 6.03. The number of hydrogen-bond acceptors (Lipinski definition) is 2. The highest BCUT2D eigenvalue weighted by Gasteiger charge is 2.39. The van der Waals surface area contributed by atoms with E-state index < -0.39 is 0 Å². The standard InChI is InChI=1S/C14H21NO/c1-10(2)12-5-4-11(3)8-13(12)16-9-14(15)6-7-14/h4-5,8,10H,6-7,9,15H2,1-3H3. The first-order valence-corrected chi connectivity index (χ1v) is 6.02. The van der Waals surface area contributed by atoms with Gasteiger partial charge < -0.3 is 10.5 Å². The van der Waals surface area contributed by atoms with Crippen LogP contribution in [0.4, 0.5) is 0 Å². The molecule has 1 aliphatic rings. The molecule has 1 aromatic rings. The molecule has 0 amide bonds. The second kappa shape index (κ2) is 4.10. The smallest absolute Gasteiger partial charge is 0.123 e. The summed E-state index contributed by atoms with van der Waals surface area (Å²) in [6.07, 6.45) is 2.19. The average Bonchev–Trinajstić information content (AvgIpc) is 2.94. The van der Waals surface area contributed by atoms with E-state index in [1.54, 1.807) is 0 Å². The molecule has 0 heterocycles. The quantitative estimate of drug-likeness (QED) is 0.845. The highest BCUT2D eigenvalue weighted by molar-refractivity contribution is 5.39. The van der Waals surface area contributed by atoms with E-state index in [1.807, 2.05) is 0 Å². The molecule has 2 heteroatoms. The Balaban J connectivity index is 2.13. The third-order valence-corrected chi connectivity index (χ3v) is 3.20. The third kappa shape index (κ3) is 2.56. The van der Waals surface area contributed by atoms with Gasteiger partial charge in [0.1, 0.15) is 12.4 Å². The zero-order chi connectivity index (χ0) is 11.8. The van der Waals surface area contributed by atoms with E-state index >= 15 is 0 Å². The first-order chi connectivity index (χ1) is 7.50. The first-order valence-electron chi connectivity index (χ1n) is 6.02. The van der Waals surface area contributed by atoms with Gasteiger partial charge in [0.15, 0.2) is 0 Å². The van der Waals surface area contributed by atoms with Gasteiger partial charge in [0.05, 0.1) is 5.54 Å². The van der Waals surface area contributed by atoms with E-state index in [-0.39, 0.29) is 5.54 Å². The average molecular weight is 219 g/mol. The molecule has 0 aromatic heterocycles. The van der Waals surface area contributed by atoms with Crippen molar-refractivity contribution >= 4 is 0 Å². The second-order valence-electron chi connectivity index (χ2n) is 5.35. The van der Waals surface area contributed by atoms with Gasteiger partial charge in [0.25, 0.3) is 0 Å². The van der Waals surface area contributed by atoms with Crippen LogP contribution in [0.1, 0.15) is 43.7 Å². The normalized spacial score (nSPS) is 17.6. The Morgan fingerprint density at radius 2 is 2.06 bits per heavy atom. The number of ether oxygens (including phenoxy) is 1. The van der Waals surface area contributed by atoms with E-state index in [1.165, 1.54) is 11.1 Å². The summed E-state index contributed by atoms with van der Waals surface area (Å²) in [6.45, 7) is 7.11. The van der Waals surface area contributed by atoms with Gasteiger partial charge in [-0.25, -0.2) is 0 Å². The molecule has 0 saturated heterocycles. The SMILES string of the molecule is Cc1ccc(C(C)C)c(OCC2(N)CC2)c1. The summed E-state index contributed by atoms with van der Waals surface area (Å²) < 4.78 is 5.88. The van der Waals surface area contributed by atoms with E-state index in [0.717, 1.165) is 18.6 Å². The van der Waals surface area contributed by atoms with Crippen molar-refractivity contribution in [1.82, 2.24) is 0 Å². The molecule has 2 nitrogen and oxygen atoms in total. The van der Waals surface area contributed by atoms with E-state index in [0.29, 0.717) is 12.5 Å². The van der Waals surface area contributed by atoms with Gasteiger partial charge in [-0.05, 0) is 42.9 Å². The van der Waals surface area contributed by atoms with E-state index in [9.17, 15) is 0 Å². The predicted molar refractivity (Wildman–Crippen MR) is 66.9 cm³/mol. The Morgan fingerprint density at radius 1 is 1.38 bits per heavy atom. The van der Waals surface area contributed by atoms with Crippen molar-refractivity contribution in [3.05, 3.63) is 29.3 Å². The lowest BCUT2D eigenvalue weighted by Crippen LogP contribution is -2.30. The van der Waals surface area contributed by atoms with Gasteiger partial charge in [0, 0.05) is 0 Å². The van der Waals surface area contributed by atoms with Gasteiger partial charge in [-0.3, -0.25) is 0 Å². The molecule has 1 aliphatic carbocycles. The lowest BCUT2D eigenvalue weighted by atomic mass is 10.0. The molecular formula is C14H21NO. The number of hydrogen-bond donors (Lipinski definition) is 1. The van der Waals surface area contributed by atoms with Gasteiger partial charge in [-0.15, -0.1) is 0 Å². The Bertz CT molecular complexity index is 380. The minimum absolute atomic E-state index is 0.0437. The van der Waals surface area contributed by atoms with Crippen molar-refractivity contribution in [2.75, 3.05) is 6.61 Å². The van der Waals surface area contributed by atoms with Crippen LogP contribution in [-0.4, -0.2) is 12.1 Å². The monoisotopic (exact) mass is 219 g/mol. The summed E-state index contributed by atoms with van der Waals surface area (Å²) in [6, 6.07) is 6.41. The summed E-state index contributed by atoms with van der Waals surface area (Å²) in [5.41, 5.74) is 8.50. The summed E-state index contributed by atoms with van der Waals surface area (Å²) in [5, 5.41) is 0. The minimum atomic E-state index is -0.0437. The molecule has 2 rings (SSSR count). The molecule has 1 fully saturated rings. The highest BCUT2D eigenvalue weighted by Crippen LogP contribution is 2.34. The van der Waals surface area contributed by atoms with Gasteiger partial charge in [0.2, 0.25) is 0 Å². The Hall–Kier alpha value is -1.02. The van der Waals surface area contributed by atoms with Crippen molar-refractivity contribution in [2.24, 2.45) is 5.73 Å². The zero-order valence-corrected chi connectivity index (χ0v) is 10.4. The fourth-order valence-corrected chi connectivity index (χ4v) is 1.77. The second-order valence-corrected chi connectivity index (χ2v) is 5.35. The fraction of sp³-hybridized carbons (Fsp3) is 0.571. The van der Waals surface area contributed by atoms with Crippen molar-refractivity contribution in [3.63, 3.8) is 0 Å². The molecule has 0 unspecified atom stereocenters. The van der Waals surface area contributed by atoms with Crippen molar-refractivity contribution in [1.29, 1.82) is 0 Å². The molecule has 1 aromatic carbocycles. The van der Waals surface area contributed by atoms with Gasteiger partial charge in [-0.1, -0.05) is 26.0 Å². The van der Waals surface area contributed by atoms with Crippen molar-refractivity contribution < 1.29 is 4.74 Å². The largest absolute Gasteiger partial charge is 0.491 e. The van der Waals surface area contributed by atoms with Gasteiger partial charge >= 0.3 is 0 Å². The molecular weight excluding hydrogens is 198 g/mol. The van der Waals surface area contributed by atoms with Crippen LogP contribution in [0, 0.1) is 6.92 Å². The Labute approximate surface area is 97.8 Å². The van der Waals surface area contributed by atoms with Crippen LogP contribution < -0.4 is 10.5 Å². The van der Waals surface area contributed by atoms with Gasteiger partial charge in [-0.2, -0.15) is 0 Å². The highest BCUT2D eigenvalue weighted by atomic mass is 16.5. The first kappa shape index (κ1) is 11.5. The lowest BCUT2D eigenvalue weighted by molar-refractivity contribution is 0.276. The maximum atomic E-state index is 6.03. The molecule has 0 bridgehead atoms. The lowest BCUT2D eigenvalue weighted by Gasteiger charge is -2.17. The maximum Gasteiger partial charge on any atom is 0.123 e. The Morgan fingerprint density at radius 3 is 2.62 bits per heavy atom. The van der Waals surface area contributed by atoms with Crippen LogP contribution in [-0.2, 0) is 0 Å². The molecule has 0 aliphatic heterocycles. The number of nitrogens with two attached hydrogens (primary N) is 1. The fourth-order valence-electron chi connectivity index (χ4n) is 1.77. The summed E-state index contributed by atoms with van der Waals surface area (Å²) in [7, 11) is 0. The number of benzene rings is 1. The Kier molecular flexibility index (Phi) is 2.94. The number of rotatable bonds is 4. The summed E-state index contributed by atoms with van der Waals surface area (Å²) in [5.74, 6) is 1.50. The summed E-state index contributed by atoms with van der Waals surface area (Å²) >= 11 is 0. The van der Waals surface area contributed by atoms with Crippen LogP contribution in [0.3, 0.4) is 0 Å².